The van der Waals surface area contributed by atoms with Gasteiger partial charge in [-0.3, -0.25) is 14.6 Å². The lowest BCUT2D eigenvalue weighted by molar-refractivity contribution is -0.139. The standard InChI is InChI=1S/C18H18N4O3/c1-2-9-25-16-7-3-5-14(10-16)13-21-22-18(24)17(23)20-12-15-6-4-8-19-11-15/h2-8,10-11,13H,1,9,12H2,(H,20,23)(H,22,24)/b21-13+. The molecule has 2 rings (SSSR count). The zero-order valence-electron chi connectivity index (χ0n) is 13.5. The van der Waals surface area contributed by atoms with Gasteiger partial charge in [-0.1, -0.05) is 30.9 Å². The Morgan fingerprint density at radius 2 is 2.12 bits per heavy atom. The number of benzene rings is 1. The molecule has 0 fully saturated rings. The highest BCUT2D eigenvalue weighted by molar-refractivity contribution is 6.35. The summed E-state index contributed by atoms with van der Waals surface area (Å²) in [5, 5.41) is 6.25. The molecule has 2 aromatic rings. The monoisotopic (exact) mass is 338 g/mol. The Bertz CT molecular complexity index is 760. The molecular weight excluding hydrogens is 320 g/mol. The smallest absolute Gasteiger partial charge is 0.329 e. The summed E-state index contributed by atoms with van der Waals surface area (Å²) in [5.41, 5.74) is 3.69. The normalized spacial score (nSPS) is 10.2. The van der Waals surface area contributed by atoms with Crippen molar-refractivity contribution in [2.24, 2.45) is 5.10 Å². The van der Waals surface area contributed by atoms with Crippen LogP contribution in [-0.4, -0.2) is 29.6 Å². The highest BCUT2D eigenvalue weighted by Gasteiger charge is 2.11. The quantitative estimate of drug-likeness (QED) is 0.345. The first-order valence-corrected chi connectivity index (χ1v) is 7.53. The predicted octanol–water partition coefficient (Wildman–Crippen LogP) is 1.41. The Morgan fingerprint density at radius 3 is 2.88 bits per heavy atom. The summed E-state index contributed by atoms with van der Waals surface area (Å²) in [4.78, 5) is 27.3. The zero-order valence-corrected chi connectivity index (χ0v) is 13.5. The topological polar surface area (TPSA) is 92.7 Å². The second-order valence-electron chi connectivity index (χ2n) is 4.92. The minimum Gasteiger partial charge on any atom is -0.490 e. The third-order valence-electron chi connectivity index (χ3n) is 2.99. The van der Waals surface area contributed by atoms with Crippen molar-refractivity contribution in [3.05, 3.63) is 72.6 Å². The fourth-order valence-corrected chi connectivity index (χ4v) is 1.82. The summed E-state index contributed by atoms with van der Waals surface area (Å²) in [6, 6.07) is 10.7. The Hall–Kier alpha value is -3.48. The molecule has 7 nitrogen and oxygen atoms in total. The number of hydrogen-bond acceptors (Lipinski definition) is 5. The van der Waals surface area contributed by atoms with E-state index >= 15 is 0 Å². The molecule has 0 atom stereocenters. The molecule has 1 heterocycles. The summed E-state index contributed by atoms with van der Waals surface area (Å²) in [5.74, 6) is -0.965. The molecule has 0 spiro atoms. The highest BCUT2D eigenvalue weighted by Crippen LogP contribution is 2.11. The fourth-order valence-electron chi connectivity index (χ4n) is 1.82. The van der Waals surface area contributed by atoms with Gasteiger partial charge in [0.2, 0.25) is 0 Å². The third kappa shape index (κ3) is 6.26. The van der Waals surface area contributed by atoms with Crippen molar-refractivity contribution in [2.45, 2.75) is 6.54 Å². The SMILES string of the molecule is C=CCOc1cccc(/C=N/NC(=O)C(=O)NCc2cccnc2)c1. The minimum atomic E-state index is -0.848. The summed E-state index contributed by atoms with van der Waals surface area (Å²) >= 11 is 0. The van der Waals surface area contributed by atoms with Gasteiger partial charge in [0.25, 0.3) is 0 Å². The van der Waals surface area contributed by atoms with Gasteiger partial charge in [-0.15, -0.1) is 0 Å². The van der Waals surface area contributed by atoms with Crippen LogP contribution in [0.1, 0.15) is 11.1 Å². The van der Waals surface area contributed by atoms with E-state index in [-0.39, 0.29) is 6.54 Å². The van der Waals surface area contributed by atoms with Crippen LogP contribution in [0.3, 0.4) is 0 Å². The maximum atomic E-state index is 11.7. The third-order valence-corrected chi connectivity index (χ3v) is 2.99. The number of amides is 2. The molecule has 25 heavy (non-hydrogen) atoms. The van der Waals surface area contributed by atoms with E-state index in [0.29, 0.717) is 12.4 Å². The number of rotatable bonds is 7. The number of nitrogens with zero attached hydrogens (tertiary/aromatic N) is 2. The Labute approximate surface area is 145 Å². The molecule has 128 valence electrons. The average Bonchev–Trinajstić information content (AvgIpc) is 2.65. The zero-order chi connectivity index (χ0) is 17.9. The van der Waals surface area contributed by atoms with E-state index in [1.807, 2.05) is 0 Å². The average molecular weight is 338 g/mol. The lowest BCUT2D eigenvalue weighted by atomic mass is 10.2. The van der Waals surface area contributed by atoms with Crippen molar-refractivity contribution in [3.8, 4) is 5.75 Å². The van der Waals surface area contributed by atoms with Crippen LogP contribution >= 0.6 is 0 Å². The van der Waals surface area contributed by atoms with Crippen LogP contribution in [0, 0.1) is 0 Å². The first kappa shape index (κ1) is 17.9. The van der Waals surface area contributed by atoms with Crippen LogP contribution in [0.25, 0.3) is 0 Å². The maximum absolute atomic E-state index is 11.7. The molecule has 1 aromatic heterocycles. The van der Waals surface area contributed by atoms with Gasteiger partial charge in [0.1, 0.15) is 12.4 Å². The highest BCUT2D eigenvalue weighted by atomic mass is 16.5. The number of carbonyl (C=O) groups excluding carboxylic acids is 2. The molecule has 0 bridgehead atoms. The Morgan fingerprint density at radius 1 is 1.24 bits per heavy atom. The first-order valence-electron chi connectivity index (χ1n) is 7.53. The van der Waals surface area contributed by atoms with Gasteiger partial charge in [0.15, 0.2) is 0 Å². The summed E-state index contributed by atoms with van der Waals surface area (Å²) < 4.78 is 5.40. The lowest BCUT2D eigenvalue weighted by Crippen LogP contribution is -2.37. The molecule has 1 aromatic carbocycles. The van der Waals surface area contributed by atoms with Crippen molar-refractivity contribution in [1.29, 1.82) is 0 Å². The Kier molecular flexibility index (Phi) is 6.87. The number of aromatic nitrogens is 1. The molecule has 0 radical (unpaired) electrons. The molecule has 0 unspecified atom stereocenters. The van der Waals surface area contributed by atoms with E-state index in [1.165, 1.54) is 6.21 Å². The van der Waals surface area contributed by atoms with E-state index in [1.54, 1.807) is 54.9 Å². The molecule has 7 heteroatoms. The van der Waals surface area contributed by atoms with Crippen molar-refractivity contribution >= 4 is 18.0 Å². The lowest BCUT2D eigenvalue weighted by Gasteiger charge is -2.04. The number of hydrogen-bond donors (Lipinski definition) is 2. The van der Waals surface area contributed by atoms with Crippen LogP contribution in [0.15, 0.2) is 66.5 Å². The van der Waals surface area contributed by atoms with Gasteiger partial charge in [-0.25, -0.2) is 5.43 Å². The molecular formula is C18H18N4O3. The summed E-state index contributed by atoms with van der Waals surface area (Å²) in [6.07, 6.45) is 6.31. The number of pyridine rings is 1. The minimum absolute atomic E-state index is 0.215. The van der Waals surface area contributed by atoms with Crippen LogP contribution in [0.2, 0.25) is 0 Å². The van der Waals surface area contributed by atoms with E-state index in [0.717, 1.165) is 11.1 Å². The second kappa shape index (κ2) is 9.61. The number of hydrazone groups is 1. The van der Waals surface area contributed by atoms with E-state index in [2.05, 4.69) is 27.4 Å². The van der Waals surface area contributed by atoms with E-state index < -0.39 is 11.8 Å². The summed E-state index contributed by atoms with van der Waals surface area (Å²) in [7, 11) is 0. The maximum Gasteiger partial charge on any atom is 0.329 e. The van der Waals surface area contributed by atoms with Crippen LogP contribution < -0.4 is 15.5 Å². The molecule has 0 aliphatic rings. The first-order chi connectivity index (χ1) is 12.2. The van der Waals surface area contributed by atoms with Gasteiger partial charge in [0, 0.05) is 18.9 Å². The fraction of sp³-hybridized carbons (Fsp3) is 0.111. The van der Waals surface area contributed by atoms with E-state index in [4.69, 9.17) is 4.74 Å². The molecule has 0 aliphatic heterocycles. The molecule has 0 saturated carbocycles. The molecule has 0 aliphatic carbocycles. The number of nitrogens with one attached hydrogen (secondary N) is 2. The molecule has 2 N–H and O–H groups in total. The van der Waals surface area contributed by atoms with E-state index in [9.17, 15) is 9.59 Å². The molecule has 0 saturated heterocycles. The van der Waals surface area contributed by atoms with Gasteiger partial charge in [-0.05, 0) is 29.3 Å². The molecule has 2 amide bonds. The number of ether oxygens (including phenoxy) is 1. The van der Waals surface area contributed by atoms with Crippen molar-refractivity contribution in [2.75, 3.05) is 6.61 Å². The van der Waals surface area contributed by atoms with Crippen molar-refractivity contribution < 1.29 is 14.3 Å². The summed E-state index contributed by atoms with van der Waals surface area (Å²) in [6.45, 7) is 4.19. The van der Waals surface area contributed by atoms with Crippen LogP contribution in [-0.2, 0) is 16.1 Å². The van der Waals surface area contributed by atoms with Crippen molar-refractivity contribution in [1.82, 2.24) is 15.7 Å². The van der Waals surface area contributed by atoms with Gasteiger partial charge >= 0.3 is 11.8 Å². The second-order valence-corrected chi connectivity index (χ2v) is 4.92. The van der Waals surface area contributed by atoms with Gasteiger partial charge in [0.05, 0.1) is 6.21 Å². The number of carbonyl (C=O) groups is 2. The van der Waals surface area contributed by atoms with Crippen LogP contribution in [0.5, 0.6) is 5.75 Å². The van der Waals surface area contributed by atoms with Gasteiger partial charge < -0.3 is 10.1 Å². The van der Waals surface area contributed by atoms with Gasteiger partial charge in [-0.2, -0.15) is 5.10 Å². The van der Waals surface area contributed by atoms with Crippen LogP contribution in [0.4, 0.5) is 0 Å². The largest absolute Gasteiger partial charge is 0.490 e. The predicted molar refractivity (Wildman–Crippen MR) is 94.0 cm³/mol. The Balaban J connectivity index is 1.81. The van der Waals surface area contributed by atoms with Crippen molar-refractivity contribution in [3.63, 3.8) is 0 Å².